The smallest absolute Gasteiger partial charge is 0.406 e. The van der Waals surface area contributed by atoms with Crippen molar-refractivity contribution in [3.05, 3.63) is 50.6 Å². The number of alkyl halides is 3. The first kappa shape index (κ1) is 14.4. The van der Waals surface area contributed by atoms with Crippen LogP contribution in [0.5, 0.6) is 5.75 Å². The molecule has 0 saturated heterocycles. The van der Waals surface area contributed by atoms with Gasteiger partial charge in [-0.15, -0.1) is 13.2 Å². The van der Waals surface area contributed by atoms with E-state index in [1.807, 2.05) is 10.8 Å². The van der Waals surface area contributed by atoms with Gasteiger partial charge in [0, 0.05) is 9.85 Å². The van der Waals surface area contributed by atoms with Crippen molar-refractivity contribution in [3.63, 3.8) is 0 Å². The van der Waals surface area contributed by atoms with Crippen LogP contribution in [0, 0.1) is 0 Å². The minimum Gasteiger partial charge on any atom is -0.406 e. The van der Waals surface area contributed by atoms with Gasteiger partial charge in [-0.1, -0.05) is 12.1 Å². The summed E-state index contributed by atoms with van der Waals surface area (Å²) in [7, 11) is 0. The SMILES string of the molecule is NC(c1ccc(OC(F)(F)F)cc1)c1cscc1Br. The summed E-state index contributed by atoms with van der Waals surface area (Å²) in [5.74, 6) is -0.257. The summed E-state index contributed by atoms with van der Waals surface area (Å²) in [5, 5.41) is 3.80. The van der Waals surface area contributed by atoms with Gasteiger partial charge in [0.15, 0.2) is 0 Å². The van der Waals surface area contributed by atoms with Crippen LogP contribution in [0.3, 0.4) is 0 Å². The maximum absolute atomic E-state index is 12.0. The molecule has 0 aliphatic heterocycles. The largest absolute Gasteiger partial charge is 0.573 e. The Morgan fingerprint density at radius 1 is 1.16 bits per heavy atom. The molecule has 1 aromatic heterocycles. The number of hydrogen-bond donors (Lipinski definition) is 1. The number of halogens is 4. The molecular formula is C12H9BrF3NOS. The summed E-state index contributed by atoms with van der Waals surface area (Å²) in [6.07, 6.45) is -4.68. The van der Waals surface area contributed by atoms with Crippen molar-refractivity contribution in [2.45, 2.75) is 12.4 Å². The zero-order chi connectivity index (χ0) is 14.0. The molecule has 0 aliphatic rings. The number of rotatable bonds is 3. The van der Waals surface area contributed by atoms with Crippen molar-refractivity contribution in [1.29, 1.82) is 0 Å². The third-order valence-electron chi connectivity index (χ3n) is 2.45. The van der Waals surface area contributed by atoms with Gasteiger partial charge in [-0.3, -0.25) is 0 Å². The van der Waals surface area contributed by atoms with Crippen LogP contribution in [0.25, 0.3) is 0 Å². The lowest BCUT2D eigenvalue weighted by Crippen LogP contribution is -2.17. The molecule has 19 heavy (non-hydrogen) atoms. The Labute approximate surface area is 120 Å². The Bertz CT molecular complexity index is 553. The summed E-state index contributed by atoms with van der Waals surface area (Å²) in [4.78, 5) is 0. The first-order valence-electron chi connectivity index (χ1n) is 5.19. The minimum absolute atomic E-state index is 0.257. The monoisotopic (exact) mass is 351 g/mol. The quantitative estimate of drug-likeness (QED) is 0.885. The number of thiophene rings is 1. The highest BCUT2D eigenvalue weighted by Crippen LogP contribution is 2.31. The Morgan fingerprint density at radius 2 is 1.79 bits per heavy atom. The van der Waals surface area contributed by atoms with Crippen LogP contribution in [-0.4, -0.2) is 6.36 Å². The molecule has 7 heteroatoms. The van der Waals surface area contributed by atoms with Gasteiger partial charge in [-0.05, 0) is 44.6 Å². The highest BCUT2D eigenvalue weighted by Gasteiger charge is 2.31. The highest BCUT2D eigenvalue weighted by atomic mass is 79.9. The van der Waals surface area contributed by atoms with E-state index in [1.165, 1.54) is 35.6 Å². The lowest BCUT2D eigenvalue weighted by Gasteiger charge is -2.13. The van der Waals surface area contributed by atoms with E-state index in [0.29, 0.717) is 5.56 Å². The van der Waals surface area contributed by atoms with Gasteiger partial charge in [-0.2, -0.15) is 11.3 Å². The molecule has 0 fully saturated rings. The molecule has 1 unspecified atom stereocenters. The van der Waals surface area contributed by atoms with Crippen LogP contribution >= 0.6 is 27.3 Å². The molecule has 0 saturated carbocycles. The number of nitrogens with two attached hydrogens (primary N) is 1. The van der Waals surface area contributed by atoms with Crippen molar-refractivity contribution in [3.8, 4) is 5.75 Å². The number of ether oxygens (including phenoxy) is 1. The second-order valence-corrected chi connectivity index (χ2v) is 5.37. The molecule has 2 aromatic rings. The van der Waals surface area contributed by atoms with E-state index in [9.17, 15) is 13.2 Å². The number of benzene rings is 1. The molecule has 0 aliphatic carbocycles. The molecule has 0 radical (unpaired) electrons. The van der Waals surface area contributed by atoms with Crippen molar-refractivity contribution >= 4 is 27.3 Å². The summed E-state index contributed by atoms with van der Waals surface area (Å²) in [5.41, 5.74) is 7.67. The van der Waals surface area contributed by atoms with Crippen molar-refractivity contribution in [2.24, 2.45) is 5.73 Å². The Morgan fingerprint density at radius 3 is 2.26 bits per heavy atom. The third kappa shape index (κ3) is 3.71. The van der Waals surface area contributed by atoms with Gasteiger partial charge in [0.25, 0.3) is 0 Å². The standard InChI is InChI=1S/C12H9BrF3NOS/c13-10-6-19-5-9(10)11(17)7-1-3-8(4-2-7)18-12(14,15)16/h1-6,11H,17H2. The second-order valence-electron chi connectivity index (χ2n) is 3.77. The van der Waals surface area contributed by atoms with E-state index < -0.39 is 6.36 Å². The predicted octanol–water partition coefficient (Wildman–Crippen LogP) is 4.46. The van der Waals surface area contributed by atoms with E-state index in [4.69, 9.17) is 5.73 Å². The topological polar surface area (TPSA) is 35.2 Å². The maximum Gasteiger partial charge on any atom is 0.573 e. The number of hydrogen-bond acceptors (Lipinski definition) is 3. The van der Waals surface area contributed by atoms with E-state index in [0.717, 1.165) is 10.0 Å². The predicted molar refractivity (Wildman–Crippen MR) is 71.2 cm³/mol. The van der Waals surface area contributed by atoms with Crippen LogP contribution in [0.4, 0.5) is 13.2 Å². The molecular weight excluding hydrogens is 343 g/mol. The zero-order valence-corrected chi connectivity index (χ0v) is 11.8. The molecule has 0 amide bonds. The van der Waals surface area contributed by atoms with Crippen LogP contribution in [0.15, 0.2) is 39.5 Å². The fourth-order valence-electron chi connectivity index (χ4n) is 1.57. The average molecular weight is 352 g/mol. The Balaban J connectivity index is 2.17. The van der Waals surface area contributed by atoms with Gasteiger partial charge in [0.05, 0.1) is 6.04 Å². The van der Waals surface area contributed by atoms with E-state index in [2.05, 4.69) is 20.7 Å². The van der Waals surface area contributed by atoms with Crippen LogP contribution in [0.1, 0.15) is 17.2 Å². The summed E-state index contributed by atoms with van der Waals surface area (Å²) < 4.78 is 40.8. The highest BCUT2D eigenvalue weighted by molar-refractivity contribution is 9.10. The van der Waals surface area contributed by atoms with E-state index in [-0.39, 0.29) is 11.8 Å². The Kier molecular flexibility index (Phi) is 4.17. The van der Waals surface area contributed by atoms with Crippen molar-refractivity contribution < 1.29 is 17.9 Å². The summed E-state index contributed by atoms with van der Waals surface area (Å²) in [6.45, 7) is 0. The molecule has 1 aromatic carbocycles. The average Bonchev–Trinajstić information content (AvgIpc) is 2.73. The lowest BCUT2D eigenvalue weighted by atomic mass is 10.0. The van der Waals surface area contributed by atoms with Crippen molar-refractivity contribution in [1.82, 2.24) is 0 Å². The summed E-state index contributed by atoms with van der Waals surface area (Å²) >= 11 is 4.88. The fourth-order valence-corrected chi connectivity index (χ4v) is 3.15. The van der Waals surface area contributed by atoms with Gasteiger partial charge in [-0.25, -0.2) is 0 Å². The van der Waals surface area contributed by atoms with Gasteiger partial charge in [0.1, 0.15) is 5.75 Å². The molecule has 2 rings (SSSR count). The van der Waals surface area contributed by atoms with Crippen molar-refractivity contribution in [2.75, 3.05) is 0 Å². The third-order valence-corrected chi connectivity index (χ3v) is 4.20. The van der Waals surface area contributed by atoms with Crippen LogP contribution in [0.2, 0.25) is 0 Å². The summed E-state index contributed by atoms with van der Waals surface area (Å²) in [6, 6.07) is 5.16. The molecule has 0 bridgehead atoms. The molecule has 1 heterocycles. The molecule has 1 atom stereocenters. The Hall–Kier alpha value is -1.05. The molecule has 2 nitrogen and oxygen atoms in total. The first-order valence-corrected chi connectivity index (χ1v) is 6.93. The lowest BCUT2D eigenvalue weighted by molar-refractivity contribution is -0.274. The van der Waals surface area contributed by atoms with Gasteiger partial charge in [0.2, 0.25) is 0 Å². The van der Waals surface area contributed by atoms with Crippen LogP contribution < -0.4 is 10.5 Å². The second kappa shape index (κ2) is 5.52. The maximum atomic E-state index is 12.0. The fraction of sp³-hybridized carbons (Fsp3) is 0.167. The molecule has 102 valence electrons. The van der Waals surface area contributed by atoms with Crippen LogP contribution in [-0.2, 0) is 0 Å². The normalized spacial score (nSPS) is 13.3. The van der Waals surface area contributed by atoms with E-state index >= 15 is 0 Å². The first-order chi connectivity index (χ1) is 8.87. The molecule has 0 spiro atoms. The zero-order valence-electron chi connectivity index (χ0n) is 9.45. The minimum atomic E-state index is -4.68. The van der Waals surface area contributed by atoms with Gasteiger partial charge >= 0.3 is 6.36 Å². The van der Waals surface area contributed by atoms with Gasteiger partial charge < -0.3 is 10.5 Å². The van der Waals surface area contributed by atoms with E-state index in [1.54, 1.807) is 0 Å². The molecule has 2 N–H and O–H groups in total.